The fraction of sp³-hybridized carbons (Fsp3) is 0.500. The first-order valence-electron chi connectivity index (χ1n) is 7.57. The number of aliphatic hydroxyl groups is 2. The smallest absolute Gasteiger partial charge is 0.365 e. The molecule has 16 heteroatoms. The van der Waals surface area contributed by atoms with Crippen LogP contribution in [0.3, 0.4) is 0 Å². The number of anilines is 1. The Bertz CT molecular complexity index is 951. The Morgan fingerprint density at radius 1 is 1.39 bits per heavy atom. The molecule has 14 nitrogen and oxygen atoms in total. The summed E-state index contributed by atoms with van der Waals surface area (Å²) in [6.07, 6.45) is -4.21. The molecule has 28 heavy (non-hydrogen) atoms. The Kier molecular flexibility index (Phi) is 5.88. The summed E-state index contributed by atoms with van der Waals surface area (Å²) in [5, 5.41) is 29.3. The van der Waals surface area contributed by atoms with Gasteiger partial charge in [0, 0.05) is 22.6 Å². The predicted molar refractivity (Wildman–Crippen MR) is 97.8 cm³/mol. The molecule has 2 aromatic rings. The van der Waals surface area contributed by atoms with Crippen LogP contribution in [0.2, 0.25) is 0 Å². The molecule has 0 spiro atoms. The van der Waals surface area contributed by atoms with Crippen molar-refractivity contribution in [3.8, 4) is 0 Å². The van der Waals surface area contributed by atoms with Crippen LogP contribution < -0.4 is 5.73 Å². The van der Waals surface area contributed by atoms with Gasteiger partial charge in [-0.2, -0.15) is 0 Å². The fourth-order valence-corrected chi connectivity index (χ4v) is 3.75. The molecule has 1 aliphatic rings. The van der Waals surface area contributed by atoms with Crippen LogP contribution in [0.1, 0.15) is 6.23 Å². The molecule has 0 aromatic carbocycles. The number of aliphatic hydroxyl groups excluding tert-OH is 2. The average Bonchev–Trinajstić information content (AvgIpc) is 3.09. The van der Waals surface area contributed by atoms with Crippen LogP contribution in [-0.2, 0) is 18.8 Å². The van der Waals surface area contributed by atoms with E-state index in [1.165, 1.54) is 10.9 Å². The Balaban J connectivity index is 1.81. The van der Waals surface area contributed by atoms with Gasteiger partial charge < -0.3 is 40.3 Å². The zero-order valence-corrected chi connectivity index (χ0v) is 16.8. The van der Waals surface area contributed by atoms with E-state index in [4.69, 9.17) is 30.1 Å². The van der Waals surface area contributed by atoms with E-state index >= 15 is 0 Å². The molecule has 0 amide bonds. The minimum Gasteiger partial charge on any atom is -0.479 e. The fourth-order valence-electron chi connectivity index (χ4n) is 2.69. The topological polar surface area (TPSA) is 223 Å². The largest absolute Gasteiger partial charge is 0.479 e. The van der Waals surface area contributed by atoms with E-state index < -0.39 is 50.6 Å². The summed E-state index contributed by atoms with van der Waals surface area (Å²) >= 11 is 1.83. The molecule has 1 fully saturated rings. The predicted octanol–water partition coefficient (Wildman–Crippen LogP) is -1.76. The molecule has 3 heterocycles. The molecule has 0 bridgehead atoms. The Labute approximate surface area is 169 Å². The van der Waals surface area contributed by atoms with Gasteiger partial charge in [0.05, 0.1) is 12.9 Å². The van der Waals surface area contributed by atoms with Gasteiger partial charge in [0.25, 0.3) is 5.85 Å². The van der Waals surface area contributed by atoms with Crippen LogP contribution in [0, 0.1) is 3.83 Å². The molecule has 0 radical (unpaired) electrons. The monoisotopic (exact) mass is 531 g/mol. The number of carboxylic acids is 1. The highest BCUT2D eigenvalue weighted by molar-refractivity contribution is 14.1. The Morgan fingerprint density at radius 2 is 2.07 bits per heavy atom. The highest BCUT2D eigenvalue weighted by atomic mass is 127. The number of hydrogen-bond acceptors (Lipinski definition) is 10. The van der Waals surface area contributed by atoms with Crippen molar-refractivity contribution in [1.29, 1.82) is 0 Å². The number of nitrogens with two attached hydrogens (primary N) is 1. The number of imidazole rings is 1. The first kappa shape index (κ1) is 21.3. The summed E-state index contributed by atoms with van der Waals surface area (Å²) < 4.78 is 23.0. The third-order valence-corrected chi connectivity index (χ3v) is 5.43. The first-order valence-corrected chi connectivity index (χ1v) is 10.3. The number of halogens is 1. The number of ether oxygens (including phenoxy) is 2. The lowest BCUT2D eigenvalue weighted by Crippen LogP contribution is -2.36. The van der Waals surface area contributed by atoms with Crippen molar-refractivity contribution in [2.75, 3.05) is 12.3 Å². The molecule has 5 atom stereocenters. The molecule has 2 aromatic heterocycles. The Morgan fingerprint density at radius 3 is 2.68 bits per heavy atom. The molecule has 0 saturated carbocycles. The maximum atomic E-state index is 11.2. The number of hydrogen-bond donors (Lipinski definition) is 6. The highest BCUT2D eigenvalue weighted by Crippen LogP contribution is 2.42. The van der Waals surface area contributed by atoms with Crippen molar-refractivity contribution < 1.29 is 43.9 Å². The number of aromatic nitrogens is 4. The van der Waals surface area contributed by atoms with Gasteiger partial charge in [0.1, 0.15) is 23.8 Å². The van der Waals surface area contributed by atoms with Crippen LogP contribution in [0.25, 0.3) is 11.2 Å². The summed E-state index contributed by atoms with van der Waals surface area (Å²) in [6.45, 7) is -0.696. The van der Waals surface area contributed by atoms with Crippen molar-refractivity contribution in [3.63, 3.8) is 0 Å². The standard InChI is InChI=1S/C12H15IN5O9P/c13-12-16-7(14)4-8(17-12)18(2-15-4)9-6(20)5(19)3(27-9)1-26-11(10(21)22)28(23,24)25/h2-3,5-6,9,11,19-20H,1H2,(H,21,22)(H2,14,16,17)(H2,23,24,25)/t3-,5-,6-,9-,11-/m1/s1. The van der Waals surface area contributed by atoms with Gasteiger partial charge in [-0.3, -0.25) is 9.13 Å². The van der Waals surface area contributed by atoms with Crippen molar-refractivity contribution in [2.24, 2.45) is 0 Å². The van der Waals surface area contributed by atoms with E-state index in [-0.39, 0.29) is 17.0 Å². The molecular formula is C12H15IN5O9P. The third kappa shape index (κ3) is 3.97. The normalized spacial score (nSPS) is 26.6. The first-order chi connectivity index (χ1) is 13.0. The van der Waals surface area contributed by atoms with E-state index in [9.17, 15) is 19.6 Å². The van der Waals surface area contributed by atoms with Crippen LogP contribution in [0.5, 0.6) is 0 Å². The molecule has 154 valence electrons. The van der Waals surface area contributed by atoms with Crippen molar-refractivity contribution in [3.05, 3.63) is 10.2 Å². The second-order valence-corrected chi connectivity index (χ2v) is 8.47. The second-order valence-electron chi connectivity index (χ2n) is 5.86. The summed E-state index contributed by atoms with van der Waals surface area (Å²) in [5.74, 6) is -4.20. The quantitative estimate of drug-likeness (QED) is 0.138. The minimum atomic E-state index is -5.10. The highest BCUT2D eigenvalue weighted by Gasteiger charge is 2.46. The number of nitrogens with zero attached hydrogens (tertiary/aromatic N) is 4. The van der Waals surface area contributed by atoms with Crippen molar-refractivity contribution >= 4 is 53.1 Å². The molecule has 3 rings (SSSR count). The zero-order chi connectivity index (χ0) is 20.8. The number of carbonyl (C=O) groups is 1. The van der Waals surface area contributed by atoms with Gasteiger partial charge in [-0.05, 0) is 0 Å². The van der Waals surface area contributed by atoms with Gasteiger partial charge in [-0.15, -0.1) is 0 Å². The molecule has 0 aliphatic carbocycles. The number of fused-ring (bicyclic) bond motifs is 1. The number of nitrogen functional groups attached to an aromatic ring is 1. The minimum absolute atomic E-state index is 0.104. The van der Waals surface area contributed by atoms with Gasteiger partial charge in [0.2, 0.25) is 0 Å². The maximum Gasteiger partial charge on any atom is 0.365 e. The summed E-state index contributed by atoms with van der Waals surface area (Å²) in [5.41, 5.74) is 6.25. The lowest BCUT2D eigenvalue weighted by Gasteiger charge is -2.19. The number of rotatable bonds is 6. The SMILES string of the molecule is Nc1nc(I)nc2c1ncn2[C@@H]1O[C@H](CO[C@@H](C(=O)O)P(=O)(O)O)[C@@H](O)[C@H]1O. The molecule has 7 N–H and O–H groups in total. The number of carboxylic acid groups (broad SMARTS) is 1. The summed E-state index contributed by atoms with van der Waals surface area (Å²) in [7, 11) is -5.10. The van der Waals surface area contributed by atoms with E-state index in [2.05, 4.69) is 15.0 Å². The van der Waals surface area contributed by atoms with Crippen molar-refractivity contribution in [2.45, 2.75) is 30.4 Å². The van der Waals surface area contributed by atoms with Gasteiger partial charge in [-0.1, -0.05) is 0 Å². The van der Waals surface area contributed by atoms with Crippen molar-refractivity contribution in [1.82, 2.24) is 19.5 Å². The lowest BCUT2D eigenvalue weighted by atomic mass is 10.1. The number of aliphatic carboxylic acids is 1. The molecule has 1 saturated heterocycles. The maximum absolute atomic E-state index is 11.2. The lowest BCUT2D eigenvalue weighted by molar-refractivity contribution is -0.149. The van der Waals surface area contributed by atoms with Crippen LogP contribution >= 0.6 is 30.2 Å². The van der Waals surface area contributed by atoms with Crippen LogP contribution in [0.4, 0.5) is 5.82 Å². The van der Waals surface area contributed by atoms with E-state index in [0.717, 1.165) is 0 Å². The van der Waals surface area contributed by atoms with E-state index in [0.29, 0.717) is 3.83 Å². The second kappa shape index (κ2) is 7.75. The van der Waals surface area contributed by atoms with E-state index in [1.54, 1.807) is 0 Å². The van der Waals surface area contributed by atoms with Gasteiger partial charge >= 0.3 is 13.6 Å². The Hall–Kier alpha value is -1.46. The average molecular weight is 531 g/mol. The third-order valence-electron chi connectivity index (χ3n) is 3.97. The van der Waals surface area contributed by atoms with Crippen LogP contribution in [-0.4, -0.2) is 81.4 Å². The van der Waals surface area contributed by atoms with Gasteiger partial charge in [0.15, 0.2) is 21.5 Å². The molecule has 1 aliphatic heterocycles. The zero-order valence-electron chi connectivity index (χ0n) is 13.7. The molecule has 0 unspecified atom stereocenters. The molecular weight excluding hydrogens is 516 g/mol. The summed E-state index contributed by atoms with van der Waals surface area (Å²) in [6, 6.07) is 0. The van der Waals surface area contributed by atoms with E-state index in [1.807, 2.05) is 22.6 Å². The van der Waals surface area contributed by atoms with Crippen LogP contribution in [0.15, 0.2) is 6.33 Å². The summed E-state index contributed by atoms with van der Waals surface area (Å²) in [4.78, 5) is 41.2. The van der Waals surface area contributed by atoms with Gasteiger partial charge in [-0.25, -0.2) is 19.7 Å².